The molecule has 0 saturated carbocycles. The van der Waals surface area contributed by atoms with Gasteiger partial charge in [0.05, 0.1) is 9.35 Å². The first-order valence-electron chi connectivity index (χ1n) is 5.15. The van der Waals surface area contributed by atoms with E-state index in [0.717, 1.165) is 20.7 Å². The van der Waals surface area contributed by atoms with Crippen LogP contribution >= 0.6 is 27.3 Å². The van der Waals surface area contributed by atoms with Crippen LogP contribution in [0.15, 0.2) is 34.2 Å². The molecule has 3 aromatic heterocycles. The normalized spacial score (nSPS) is 11.2. The van der Waals surface area contributed by atoms with E-state index in [4.69, 9.17) is 5.73 Å². The molecule has 0 aliphatic rings. The van der Waals surface area contributed by atoms with Crippen molar-refractivity contribution >= 4 is 38.7 Å². The standard InChI is InChI=1S/C12H10BrN3S/c1-7-4-6-17-10(7)9-11(14)16-5-2-3-8(13)12(16)15-9/h2-6H,14H2,1H3. The molecule has 0 aliphatic carbocycles. The fraction of sp³-hybridized carbons (Fsp3) is 0.0833. The maximum Gasteiger partial charge on any atom is 0.153 e. The summed E-state index contributed by atoms with van der Waals surface area (Å²) in [5, 5.41) is 2.06. The first kappa shape index (κ1) is 10.8. The van der Waals surface area contributed by atoms with Gasteiger partial charge in [0.15, 0.2) is 5.65 Å². The minimum atomic E-state index is 0.687. The molecule has 5 heteroatoms. The number of hydrogen-bond acceptors (Lipinski definition) is 3. The number of nitrogen functional groups attached to an aromatic ring is 1. The maximum absolute atomic E-state index is 6.15. The van der Waals surface area contributed by atoms with Gasteiger partial charge in [0.1, 0.15) is 11.5 Å². The van der Waals surface area contributed by atoms with Crippen LogP contribution in [0.1, 0.15) is 5.56 Å². The second-order valence-corrected chi connectivity index (χ2v) is 5.60. The van der Waals surface area contributed by atoms with Crippen molar-refractivity contribution in [1.82, 2.24) is 9.38 Å². The number of aromatic nitrogens is 2. The van der Waals surface area contributed by atoms with Gasteiger partial charge in [0, 0.05) is 6.20 Å². The molecule has 2 N–H and O–H groups in total. The monoisotopic (exact) mass is 307 g/mol. The Morgan fingerprint density at radius 3 is 2.88 bits per heavy atom. The van der Waals surface area contributed by atoms with E-state index >= 15 is 0 Å². The molecule has 86 valence electrons. The number of hydrogen-bond donors (Lipinski definition) is 1. The number of anilines is 1. The summed E-state index contributed by atoms with van der Waals surface area (Å²) in [5.41, 5.74) is 9.08. The van der Waals surface area contributed by atoms with E-state index in [0.29, 0.717) is 5.82 Å². The van der Waals surface area contributed by atoms with Gasteiger partial charge in [-0.15, -0.1) is 11.3 Å². The molecule has 3 nitrogen and oxygen atoms in total. The molecule has 0 amide bonds. The number of rotatable bonds is 1. The summed E-state index contributed by atoms with van der Waals surface area (Å²) >= 11 is 5.16. The van der Waals surface area contributed by atoms with Crippen molar-refractivity contribution in [2.45, 2.75) is 6.92 Å². The Balaban J connectivity index is 2.36. The molecule has 0 unspecified atom stereocenters. The molecule has 17 heavy (non-hydrogen) atoms. The average molecular weight is 308 g/mol. The highest BCUT2D eigenvalue weighted by Gasteiger charge is 2.15. The minimum absolute atomic E-state index is 0.687. The fourth-order valence-corrected chi connectivity index (χ4v) is 3.19. The van der Waals surface area contributed by atoms with Gasteiger partial charge in [0.2, 0.25) is 0 Å². The van der Waals surface area contributed by atoms with Crippen LogP contribution in [0.25, 0.3) is 16.2 Å². The second kappa shape index (κ2) is 3.85. The number of thiophene rings is 1. The molecule has 0 bridgehead atoms. The molecule has 3 heterocycles. The van der Waals surface area contributed by atoms with Gasteiger partial charge in [-0.05, 0) is 52.0 Å². The highest BCUT2D eigenvalue weighted by Crippen LogP contribution is 2.34. The van der Waals surface area contributed by atoms with Crippen LogP contribution in [0.5, 0.6) is 0 Å². The number of fused-ring (bicyclic) bond motifs is 1. The SMILES string of the molecule is Cc1ccsc1-c1nc2c(Br)cccn2c1N. The van der Waals surface area contributed by atoms with Gasteiger partial charge in [-0.1, -0.05) is 0 Å². The molecule has 3 aromatic rings. The van der Waals surface area contributed by atoms with Gasteiger partial charge >= 0.3 is 0 Å². The molecule has 0 saturated heterocycles. The third-order valence-corrected chi connectivity index (χ3v) is 4.36. The molecule has 0 aliphatic heterocycles. The van der Waals surface area contributed by atoms with Gasteiger partial charge in [0.25, 0.3) is 0 Å². The van der Waals surface area contributed by atoms with Crippen LogP contribution in [0.3, 0.4) is 0 Å². The van der Waals surface area contributed by atoms with Crippen LogP contribution in [0, 0.1) is 6.92 Å². The largest absolute Gasteiger partial charge is 0.383 e. The van der Waals surface area contributed by atoms with Gasteiger partial charge in [-0.25, -0.2) is 4.98 Å². The first-order chi connectivity index (χ1) is 8.18. The van der Waals surface area contributed by atoms with Crippen LogP contribution in [-0.2, 0) is 0 Å². The lowest BCUT2D eigenvalue weighted by Gasteiger charge is -1.98. The van der Waals surface area contributed by atoms with Crippen LogP contribution < -0.4 is 5.73 Å². The molecule has 0 fully saturated rings. The lowest BCUT2D eigenvalue weighted by Crippen LogP contribution is -1.93. The number of halogens is 1. The number of imidazole rings is 1. The van der Waals surface area contributed by atoms with Crippen molar-refractivity contribution in [1.29, 1.82) is 0 Å². The third-order valence-electron chi connectivity index (χ3n) is 2.72. The zero-order chi connectivity index (χ0) is 12.0. The number of pyridine rings is 1. The molecular formula is C12H10BrN3S. The van der Waals surface area contributed by atoms with E-state index in [2.05, 4.69) is 39.3 Å². The van der Waals surface area contributed by atoms with E-state index in [1.165, 1.54) is 5.56 Å². The number of nitrogens with two attached hydrogens (primary N) is 1. The highest BCUT2D eigenvalue weighted by molar-refractivity contribution is 9.10. The van der Waals surface area contributed by atoms with Gasteiger partial charge in [-0.2, -0.15) is 0 Å². The molecule has 0 aromatic carbocycles. The van der Waals surface area contributed by atoms with Crippen LogP contribution in [0.2, 0.25) is 0 Å². The third kappa shape index (κ3) is 1.57. The number of aryl methyl sites for hydroxylation is 1. The Morgan fingerprint density at radius 1 is 1.41 bits per heavy atom. The Hall–Kier alpha value is -1.33. The van der Waals surface area contributed by atoms with Crippen LogP contribution in [0.4, 0.5) is 5.82 Å². The van der Waals surface area contributed by atoms with Crippen LogP contribution in [-0.4, -0.2) is 9.38 Å². The summed E-state index contributed by atoms with van der Waals surface area (Å²) < 4.78 is 2.85. The predicted molar refractivity (Wildman–Crippen MR) is 75.4 cm³/mol. The van der Waals surface area contributed by atoms with E-state index in [1.54, 1.807) is 11.3 Å². The highest BCUT2D eigenvalue weighted by atomic mass is 79.9. The predicted octanol–water partition coefficient (Wildman–Crippen LogP) is 3.72. The van der Waals surface area contributed by atoms with Crippen molar-refractivity contribution in [3.05, 3.63) is 39.8 Å². The lowest BCUT2D eigenvalue weighted by atomic mass is 10.2. The Kier molecular flexibility index (Phi) is 2.45. The van der Waals surface area contributed by atoms with Crippen molar-refractivity contribution < 1.29 is 0 Å². The summed E-state index contributed by atoms with van der Waals surface area (Å²) in [4.78, 5) is 5.75. The Morgan fingerprint density at radius 2 is 2.24 bits per heavy atom. The maximum atomic E-state index is 6.15. The Labute approximate surface area is 111 Å². The molecule has 3 rings (SSSR count). The molecule has 0 spiro atoms. The number of nitrogens with zero attached hydrogens (tertiary/aromatic N) is 2. The molecule has 0 radical (unpaired) electrons. The quantitative estimate of drug-likeness (QED) is 0.744. The van der Waals surface area contributed by atoms with E-state index < -0.39 is 0 Å². The van der Waals surface area contributed by atoms with Gasteiger partial charge in [-0.3, -0.25) is 4.40 Å². The summed E-state index contributed by atoms with van der Waals surface area (Å²) in [6.45, 7) is 2.07. The smallest absolute Gasteiger partial charge is 0.153 e. The van der Waals surface area contributed by atoms with Crippen molar-refractivity contribution in [2.75, 3.05) is 5.73 Å². The minimum Gasteiger partial charge on any atom is -0.383 e. The van der Waals surface area contributed by atoms with Gasteiger partial charge < -0.3 is 5.73 Å². The zero-order valence-electron chi connectivity index (χ0n) is 9.14. The average Bonchev–Trinajstić information content (AvgIpc) is 2.85. The summed E-state index contributed by atoms with van der Waals surface area (Å²) in [6, 6.07) is 5.99. The van der Waals surface area contributed by atoms with Crippen molar-refractivity contribution in [3.8, 4) is 10.6 Å². The second-order valence-electron chi connectivity index (χ2n) is 3.83. The van der Waals surface area contributed by atoms with E-state index in [-0.39, 0.29) is 0 Å². The van der Waals surface area contributed by atoms with Crippen molar-refractivity contribution in [2.24, 2.45) is 0 Å². The first-order valence-corrected chi connectivity index (χ1v) is 6.82. The molecular weight excluding hydrogens is 298 g/mol. The topological polar surface area (TPSA) is 43.3 Å². The fourth-order valence-electron chi connectivity index (χ4n) is 1.84. The summed E-state index contributed by atoms with van der Waals surface area (Å²) in [6.07, 6.45) is 1.93. The van der Waals surface area contributed by atoms with E-state index in [9.17, 15) is 0 Å². The molecule has 0 atom stereocenters. The summed E-state index contributed by atoms with van der Waals surface area (Å²) in [7, 11) is 0. The van der Waals surface area contributed by atoms with Crippen molar-refractivity contribution in [3.63, 3.8) is 0 Å². The van der Waals surface area contributed by atoms with E-state index in [1.807, 2.05) is 22.7 Å². The Bertz CT molecular complexity index is 699. The zero-order valence-corrected chi connectivity index (χ0v) is 11.5. The lowest BCUT2D eigenvalue weighted by molar-refractivity contribution is 1.19. The summed E-state index contributed by atoms with van der Waals surface area (Å²) in [5.74, 6) is 0.687.